The van der Waals surface area contributed by atoms with Gasteiger partial charge >= 0.3 is 0 Å². The molecule has 0 unspecified atom stereocenters. The van der Waals surface area contributed by atoms with Crippen molar-refractivity contribution < 1.29 is 0 Å². The normalized spacial score (nSPS) is 10.9. The molecule has 0 bridgehead atoms. The fourth-order valence-electron chi connectivity index (χ4n) is 1.67. The molecule has 2 aromatic rings. The average Bonchev–Trinajstić information content (AvgIpc) is 2.73. The van der Waals surface area contributed by atoms with Crippen molar-refractivity contribution in [1.82, 2.24) is 20.0 Å². The summed E-state index contributed by atoms with van der Waals surface area (Å²) >= 11 is 0. The van der Waals surface area contributed by atoms with Gasteiger partial charge in [-0.2, -0.15) is 10.2 Å². The number of nitrogens with zero attached hydrogens (tertiary/aromatic N) is 3. The molecule has 2 heterocycles. The molecule has 5 heteroatoms. The summed E-state index contributed by atoms with van der Waals surface area (Å²) in [6, 6.07) is 1.97. The molecule has 0 aliphatic heterocycles. The molecule has 0 aliphatic carbocycles. The second-order valence-corrected chi connectivity index (χ2v) is 3.63. The smallest absolute Gasteiger partial charge is 0.125 e. The lowest BCUT2D eigenvalue weighted by atomic mass is 10.1. The maximum absolute atomic E-state index is 5.92. The predicted octanol–water partition coefficient (Wildman–Crippen LogP) is 1.26. The zero-order valence-corrected chi connectivity index (χ0v) is 9.20. The summed E-state index contributed by atoms with van der Waals surface area (Å²) < 4.78 is 1.69. The Balaban J connectivity index is 2.57. The second-order valence-electron chi connectivity index (χ2n) is 3.63. The highest BCUT2D eigenvalue weighted by molar-refractivity contribution is 5.65. The SMILES string of the molecule is CCc1c(-c2cc(C)[nH]n2)nn(C)c1N. The van der Waals surface area contributed by atoms with Crippen molar-refractivity contribution >= 4 is 5.82 Å². The first kappa shape index (κ1) is 9.76. The van der Waals surface area contributed by atoms with Crippen LogP contribution in [0.25, 0.3) is 11.4 Å². The van der Waals surface area contributed by atoms with E-state index in [1.165, 1.54) is 0 Å². The molecule has 0 saturated heterocycles. The van der Waals surface area contributed by atoms with Crippen molar-refractivity contribution in [3.05, 3.63) is 17.3 Å². The minimum Gasteiger partial charge on any atom is -0.384 e. The van der Waals surface area contributed by atoms with Gasteiger partial charge in [-0.3, -0.25) is 9.78 Å². The second kappa shape index (κ2) is 3.42. The summed E-state index contributed by atoms with van der Waals surface area (Å²) in [5.41, 5.74) is 9.74. The van der Waals surface area contributed by atoms with Gasteiger partial charge in [0.2, 0.25) is 0 Å². The number of nitrogen functional groups attached to an aromatic ring is 1. The molecule has 0 radical (unpaired) electrons. The molecule has 2 aromatic heterocycles. The third-order valence-electron chi connectivity index (χ3n) is 2.50. The largest absolute Gasteiger partial charge is 0.384 e. The van der Waals surface area contributed by atoms with E-state index >= 15 is 0 Å². The van der Waals surface area contributed by atoms with Crippen LogP contribution in [0.5, 0.6) is 0 Å². The van der Waals surface area contributed by atoms with Crippen LogP contribution in [0.4, 0.5) is 5.82 Å². The fourth-order valence-corrected chi connectivity index (χ4v) is 1.67. The van der Waals surface area contributed by atoms with E-state index < -0.39 is 0 Å². The van der Waals surface area contributed by atoms with Gasteiger partial charge in [-0.15, -0.1) is 0 Å². The van der Waals surface area contributed by atoms with Crippen LogP contribution >= 0.6 is 0 Å². The summed E-state index contributed by atoms with van der Waals surface area (Å²) in [7, 11) is 1.84. The number of hydrogen-bond acceptors (Lipinski definition) is 3. The highest BCUT2D eigenvalue weighted by atomic mass is 15.3. The van der Waals surface area contributed by atoms with Crippen molar-refractivity contribution in [2.24, 2.45) is 7.05 Å². The quantitative estimate of drug-likeness (QED) is 0.775. The first-order valence-electron chi connectivity index (χ1n) is 4.97. The topological polar surface area (TPSA) is 72.5 Å². The third kappa shape index (κ3) is 1.49. The van der Waals surface area contributed by atoms with Crippen LogP contribution in [0.2, 0.25) is 0 Å². The van der Waals surface area contributed by atoms with E-state index in [9.17, 15) is 0 Å². The van der Waals surface area contributed by atoms with Crippen LogP contribution < -0.4 is 5.73 Å². The Hall–Kier alpha value is -1.78. The van der Waals surface area contributed by atoms with Gasteiger partial charge in [-0.05, 0) is 19.4 Å². The Morgan fingerprint density at radius 1 is 1.53 bits per heavy atom. The first-order chi connectivity index (χ1) is 7.13. The highest BCUT2D eigenvalue weighted by Crippen LogP contribution is 2.25. The van der Waals surface area contributed by atoms with Gasteiger partial charge in [-0.25, -0.2) is 0 Å². The molecule has 0 saturated carbocycles. The minimum atomic E-state index is 0.716. The zero-order chi connectivity index (χ0) is 11.0. The Kier molecular flexibility index (Phi) is 2.22. The number of aromatic nitrogens is 4. The third-order valence-corrected chi connectivity index (χ3v) is 2.50. The molecule has 0 spiro atoms. The number of rotatable bonds is 2. The van der Waals surface area contributed by atoms with E-state index in [0.29, 0.717) is 5.82 Å². The van der Waals surface area contributed by atoms with Crippen LogP contribution in [0.3, 0.4) is 0 Å². The number of hydrogen-bond donors (Lipinski definition) is 2. The molecule has 3 N–H and O–H groups in total. The van der Waals surface area contributed by atoms with Gasteiger partial charge in [0.15, 0.2) is 0 Å². The van der Waals surface area contributed by atoms with E-state index in [1.807, 2.05) is 20.0 Å². The Labute approximate surface area is 88.3 Å². The van der Waals surface area contributed by atoms with Gasteiger partial charge in [0.05, 0.1) is 0 Å². The maximum atomic E-state index is 5.92. The van der Waals surface area contributed by atoms with Crippen molar-refractivity contribution in [2.45, 2.75) is 20.3 Å². The minimum absolute atomic E-state index is 0.716. The molecular weight excluding hydrogens is 190 g/mol. The Bertz CT molecular complexity index is 480. The number of aryl methyl sites for hydroxylation is 2. The lowest BCUT2D eigenvalue weighted by Crippen LogP contribution is -1.98. The van der Waals surface area contributed by atoms with Gasteiger partial charge in [-0.1, -0.05) is 6.92 Å². The molecule has 0 amide bonds. The number of anilines is 1. The van der Waals surface area contributed by atoms with Crippen LogP contribution in [0.15, 0.2) is 6.07 Å². The van der Waals surface area contributed by atoms with E-state index in [2.05, 4.69) is 22.2 Å². The number of nitrogens with two attached hydrogens (primary N) is 1. The summed E-state index contributed by atoms with van der Waals surface area (Å²) in [4.78, 5) is 0. The standard InChI is InChI=1S/C10H15N5/c1-4-7-9(14-15(3)10(7)11)8-5-6(2)12-13-8/h5H,4,11H2,1-3H3,(H,12,13). The summed E-state index contributed by atoms with van der Waals surface area (Å²) in [5, 5.41) is 11.5. The van der Waals surface area contributed by atoms with Crippen molar-refractivity contribution in [3.8, 4) is 11.4 Å². The average molecular weight is 205 g/mol. The summed E-state index contributed by atoms with van der Waals surface area (Å²) in [5.74, 6) is 0.716. The Morgan fingerprint density at radius 3 is 2.80 bits per heavy atom. The van der Waals surface area contributed by atoms with Crippen LogP contribution in [0, 0.1) is 6.92 Å². The fraction of sp³-hybridized carbons (Fsp3) is 0.400. The highest BCUT2D eigenvalue weighted by Gasteiger charge is 2.15. The predicted molar refractivity (Wildman–Crippen MR) is 59.3 cm³/mol. The number of H-pyrrole nitrogens is 1. The van der Waals surface area contributed by atoms with Crippen LogP contribution in [0.1, 0.15) is 18.2 Å². The molecule has 15 heavy (non-hydrogen) atoms. The summed E-state index contributed by atoms with van der Waals surface area (Å²) in [6.07, 6.45) is 0.862. The molecule has 2 rings (SSSR count). The lowest BCUT2D eigenvalue weighted by molar-refractivity contribution is 0.780. The Morgan fingerprint density at radius 2 is 2.27 bits per heavy atom. The van der Waals surface area contributed by atoms with Crippen molar-refractivity contribution in [2.75, 3.05) is 5.73 Å². The number of aromatic amines is 1. The zero-order valence-electron chi connectivity index (χ0n) is 9.20. The molecule has 0 aromatic carbocycles. The molecule has 0 aliphatic rings. The van der Waals surface area contributed by atoms with E-state index in [4.69, 9.17) is 5.73 Å². The van der Waals surface area contributed by atoms with Gasteiger partial charge in [0.1, 0.15) is 17.2 Å². The molecule has 80 valence electrons. The van der Waals surface area contributed by atoms with Gasteiger partial charge < -0.3 is 5.73 Å². The summed E-state index contributed by atoms with van der Waals surface area (Å²) in [6.45, 7) is 4.03. The van der Waals surface area contributed by atoms with Gasteiger partial charge in [0.25, 0.3) is 0 Å². The first-order valence-corrected chi connectivity index (χ1v) is 4.97. The number of nitrogens with one attached hydrogen (secondary N) is 1. The molecule has 0 atom stereocenters. The molecule has 5 nitrogen and oxygen atoms in total. The van der Waals surface area contributed by atoms with E-state index in [-0.39, 0.29) is 0 Å². The van der Waals surface area contributed by atoms with Gasteiger partial charge in [0, 0.05) is 18.3 Å². The maximum Gasteiger partial charge on any atom is 0.125 e. The molecular formula is C10H15N5. The van der Waals surface area contributed by atoms with Crippen LogP contribution in [-0.2, 0) is 13.5 Å². The molecule has 0 fully saturated rings. The van der Waals surface area contributed by atoms with Crippen LogP contribution in [-0.4, -0.2) is 20.0 Å². The monoisotopic (exact) mass is 205 g/mol. The van der Waals surface area contributed by atoms with Crippen molar-refractivity contribution in [3.63, 3.8) is 0 Å². The lowest BCUT2D eigenvalue weighted by Gasteiger charge is -1.96. The van der Waals surface area contributed by atoms with E-state index in [0.717, 1.165) is 29.1 Å². The van der Waals surface area contributed by atoms with Crippen molar-refractivity contribution in [1.29, 1.82) is 0 Å². The van der Waals surface area contributed by atoms with E-state index in [1.54, 1.807) is 4.68 Å².